The highest BCUT2D eigenvalue weighted by Gasteiger charge is 2.51. The van der Waals surface area contributed by atoms with Crippen molar-refractivity contribution in [3.63, 3.8) is 0 Å². The third-order valence-electron chi connectivity index (χ3n) is 5.20. The second-order valence-corrected chi connectivity index (χ2v) is 6.15. The maximum absolute atomic E-state index is 13.1. The molecule has 0 aromatic heterocycles. The fourth-order valence-corrected chi connectivity index (χ4v) is 3.95. The number of Topliss-reactive ketones (excluding diaryl/α,β-unsaturated/α-hetero) is 1. The molecule has 0 amide bonds. The molecule has 3 rings (SSSR count). The first-order valence-corrected chi connectivity index (χ1v) is 7.59. The Morgan fingerprint density at radius 1 is 1.24 bits per heavy atom. The van der Waals surface area contributed by atoms with Crippen molar-refractivity contribution >= 4 is 5.78 Å². The fraction of sp³-hybridized carbons (Fsp3) is 0.588. The first-order chi connectivity index (χ1) is 10.1. The van der Waals surface area contributed by atoms with Crippen molar-refractivity contribution in [2.24, 2.45) is 0 Å². The highest BCUT2D eigenvalue weighted by atomic mass is 16.5. The minimum atomic E-state index is -0.394. The van der Waals surface area contributed by atoms with E-state index in [0.29, 0.717) is 5.78 Å². The van der Waals surface area contributed by atoms with Gasteiger partial charge in [0, 0.05) is 5.56 Å². The summed E-state index contributed by atoms with van der Waals surface area (Å²) in [7, 11) is 5.38. The van der Waals surface area contributed by atoms with Crippen molar-refractivity contribution in [3.05, 3.63) is 23.8 Å². The average Bonchev–Trinajstić information content (AvgIpc) is 2.51. The van der Waals surface area contributed by atoms with Crippen LogP contribution in [0.2, 0.25) is 0 Å². The fourth-order valence-electron chi connectivity index (χ4n) is 3.95. The lowest BCUT2D eigenvalue weighted by Crippen LogP contribution is -2.58. The molecule has 4 nitrogen and oxygen atoms in total. The van der Waals surface area contributed by atoms with Gasteiger partial charge in [-0.1, -0.05) is 6.42 Å². The number of fused-ring (bicyclic) bond motifs is 2. The molecule has 1 saturated carbocycles. The van der Waals surface area contributed by atoms with E-state index < -0.39 is 5.41 Å². The Bertz CT molecular complexity index is 557. The normalized spacial score (nSPS) is 29.3. The van der Waals surface area contributed by atoms with Gasteiger partial charge in [-0.05, 0) is 51.1 Å². The van der Waals surface area contributed by atoms with Gasteiger partial charge in [0.15, 0.2) is 5.78 Å². The monoisotopic (exact) mass is 289 g/mol. The topological polar surface area (TPSA) is 38.8 Å². The van der Waals surface area contributed by atoms with Crippen molar-refractivity contribution in [3.8, 4) is 11.5 Å². The maximum Gasteiger partial charge on any atom is 0.160 e. The molecule has 0 radical (unpaired) electrons. The summed E-state index contributed by atoms with van der Waals surface area (Å²) in [6.45, 7) is 0.955. The number of carbonyl (C=O) groups excluding carboxylic acids is 1. The second-order valence-electron chi connectivity index (χ2n) is 6.15. The number of methoxy groups -OCH3 is 2. The van der Waals surface area contributed by atoms with Gasteiger partial charge in [-0.25, -0.2) is 0 Å². The molecule has 2 fully saturated rings. The molecular weight excluding hydrogens is 266 g/mol. The van der Waals surface area contributed by atoms with Crippen LogP contribution in [0.25, 0.3) is 0 Å². The van der Waals surface area contributed by atoms with E-state index in [2.05, 4.69) is 11.9 Å². The number of rotatable bonds is 3. The molecule has 2 aliphatic rings. The summed E-state index contributed by atoms with van der Waals surface area (Å²) < 4.78 is 10.9. The van der Waals surface area contributed by atoms with E-state index in [-0.39, 0.29) is 6.04 Å². The predicted molar refractivity (Wildman–Crippen MR) is 81.1 cm³/mol. The van der Waals surface area contributed by atoms with Crippen LogP contribution in [0.5, 0.6) is 11.5 Å². The van der Waals surface area contributed by atoms with Gasteiger partial charge in [0.05, 0.1) is 25.7 Å². The molecule has 0 spiro atoms. The van der Waals surface area contributed by atoms with Crippen molar-refractivity contribution in [2.75, 3.05) is 27.8 Å². The highest BCUT2D eigenvalue weighted by Crippen LogP contribution is 2.47. The number of nitrogens with zero attached hydrogens (tertiary/aromatic N) is 1. The minimum absolute atomic E-state index is 0.0587. The molecule has 1 heterocycles. The van der Waals surface area contributed by atoms with Crippen LogP contribution >= 0.6 is 0 Å². The molecule has 1 aliphatic carbocycles. The lowest BCUT2D eigenvalue weighted by atomic mass is 9.62. The number of likely N-dealkylation sites (tertiary alicyclic amines) is 1. The first-order valence-electron chi connectivity index (χ1n) is 7.59. The SMILES string of the molecule is COc1ccc(OC)c(C23CCCC(C2=O)N(C)CC3)c1. The molecule has 2 bridgehead atoms. The van der Waals surface area contributed by atoms with Crippen LogP contribution in [0.4, 0.5) is 0 Å². The van der Waals surface area contributed by atoms with Crippen LogP contribution in [0, 0.1) is 0 Å². The third-order valence-corrected chi connectivity index (χ3v) is 5.20. The van der Waals surface area contributed by atoms with Crippen LogP contribution in [-0.4, -0.2) is 44.5 Å². The Morgan fingerprint density at radius 2 is 2.05 bits per heavy atom. The van der Waals surface area contributed by atoms with Gasteiger partial charge in [0.25, 0.3) is 0 Å². The number of benzene rings is 1. The molecule has 1 aromatic rings. The number of ketones is 1. The van der Waals surface area contributed by atoms with Gasteiger partial charge in [-0.15, -0.1) is 0 Å². The van der Waals surface area contributed by atoms with Gasteiger partial charge in [0.2, 0.25) is 0 Å². The molecule has 1 saturated heterocycles. The Morgan fingerprint density at radius 3 is 2.76 bits per heavy atom. The summed E-state index contributed by atoms with van der Waals surface area (Å²) in [5.41, 5.74) is 0.613. The van der Waals surface area contributed by atoms with Gasteiger partial charge >= 0.3 is 0 Å². The third kappa shape index (κ3) is 2.13. The molecule has 1 aromatic carbocycles. The van der Waals surface area contributed by atoms with E-state index >= 15 is 0 Å². The zero-order valence-electron chi connectivity index (χ0n) is 13.0. The summed E-state index contributed by atoms with van der Waals surface area (Å²) in [6, 6.07) is 5.85. The zero-order chi connectivity index (χ0) is 15.0. The van der Waals surface area contributed by atoms with Crippen molar-refractivity contribution in [1.82, 2.24) is 4.90 Å². The molecule has 21 heavy (non-hydrogen) atoms. The highest BCUT2D eigenvalue weighted by molar-refractivity contribution is 5.96. The Hall–Kier alpha value is -1.55. The minimum Gasteiger partial charge on any atom is -0.497 e. The molecule has 1 aliphatic heterocycles. The Balaban J connectivity index is 2.11. The number of hydrogen-bond donors (Lipinski definition) is 0. The van der Waals surface area contributed by atoms with Gasteiger partial charge in [-0.3, -0.25) is 9.69 Å². The number of hydrogen-bond acceptors (Lipinski definition) is 4. The van der Waals surface area contributed by atoms with Crippen molar-refractivity contribution < 1.29 is 14.3 Å². The van der Waals surface area contributed by atoms with Crippen LogP contribution in [0.3, 0.4) is 0 Å². The lowest BCUT2D eigenvalue weighted by Gasteiger charge is -2.48. The van der Waals surface area contributed by atoms with E-state index in [4.69, 9.17) is 9.47 Å². The smallest absolute Gasteiger partial charge is 0.160 e. The number of carbonyl (C=O) groups is 1. The largest absolute Gasteiger partial charge is 0.497 e. The molecule has 0 N–H and O–H groups in total. The van der Waals surface area contributed by atoms with E-state index in [1.54, 1.807) is 14.2 Å². The quantitative estimate of drug-likeness (QED) is 0.856. The summed E-state index contributed by atoms with van der Waals surface area (Å²) in [6.07, 6.45) is 3.84. The standard InChI is InChI=1S/C17H23NO3/c1-18-10-9-17(8-4-5-14(18)16(17)19)13-11-12(20-2)6-7-15(13)21-3/h6-7,11,14H,4-5,8-10H2,1-3H3. The van der Waals surface area contributed by atoms with Crippen LogP contribution < -0.4 is 9.47 Å². The zero-order valence-corrected chi connectivity index (χ0v) is 13.0. The summed E-state index contributed by atoms with van der Waals surface area (Å²) in [5, 5.41) is 0. The Labute approximate surface area is 126 Å². The van der Waals surface area contributed by atoms with Gasteiger partial charge in [0.1, 0.15) is 11.5 Å². The number of ether oxygens (including phenoxy) is 2. The van der Waals surface area contributed by atoms with Gasteiger partial charge in [-0.2, -0.15) is 0 Å². The number of likely N-dealkylation sites (N-methyl/N-ethyl adjacent to an activating group) is 1. The van der Waals surface area contributed by atoms with Crippen LogP contribution in [-0.2, 0) is 10.2 Å². The predicted octanol–water partition coefficient (Wildman–Crippen LogP) is 2.40. The second kappa shape index (κ2) is 5.34. The van der Waals surface area contributed by atoms with Gasteiger partial charge < -0.3 is 9.47 Å². The van der Waals surface area contributed by atoms with E-state index in [1.807, 2.05) is 18.2 Å². The molecule has 114 valence electrons. The van der Waals surface area contributed by atoms with E-state index in [0.717, 1.165) is 49.3 Å². The van der Waals surface area contributed by atoms with E-state index in [1.165, 1.54) is 0 Å². The van der Waals surface area contributed by atoms with Crippen LogP contribution in [0.1, 0.15) is 31.2 Å². The van der Waals surface area contributed by atoms with Crippen molar-refractivity contribution in [2.45, 2.75) is 37.1 Å². The molecular formula is C17H23NO3. The summed E-state index contributed by atoms with van der Waals surface area (Å²) >= 11 is 0. The van der Waals surface area contributed by atoms with Crippen LogP contribution in [0.15, 0.2) is 18.2 Å². The van der Waals surface area contributed by atoms with E-state index in [9.17, 15) is 4.79 Å². The summed E-state index contributed by atoms with van der Waals surface area (Å²) in [5.74, 6) is 1.94. The molecule has 2 unspecified atom stereocenters. The Kier molecular flexibility index (Phi) is 3.66. The summed E-state index contributed by atoms with van der Waals surface area (Å²) in [4.78, 5) is 15.3. The first kappa shape index (κ1) is 14.4. The maximum atomic E-state index is 13.1. The lowest BCUT2D eigenvalue weighted by molar-refractivity contribution is -0.136. The van der Waals surface area contributed by atoms with Crippen molar-refractivity contribution in [1.29, 1.82) is 0 Å². The molecule has 2 atom stereocenters. The average molecular weight is 289 g/mol. The number of piperidine rings is 1. The molecule has 4 heteroatoms.